The predicted octanol–water partition coefficient (Wildman–Crippen LogP) is 6.04. The van der Waals surface area contributed by atoms with Crippen LogP contribution in [0.5, 0.6) is 0 Å². The van der Waals surface area contributed by atoms with Gasteiger partial charge in [0.2, 0.25) is 5.92 Å². The monoisotopic (exact) mass is 407 g/mol. The van der Waals surface area contributed by atoms with Crippen LogP contribution in [0.25, 0.3) is 0 Å². The Balaban J connectivity index is 1.63. The highest BCUT2D eigenvalue weighted by molar-refractivity contribution is 8.00. The molecule has 0 aliphatic heterocycles. The van der Waals surface area contributed by atoms with Crippen LogP contribution < -0.4 is 15.1 Å². The van der Waals surface area contributed by atoms with Crippen molar-refractivity contribution in [3.63, 3.8) is 0 Å². The van der Waals surface area contributed by atoms with Crippen LogP contribution in [0.2, 0.25) is 0 Å². The van der Waals surface area contributed by atoms with E-state index < -0.39 is 5.92 Å². The third kappa shape index (κ3) is 5.75. The molecule has 0 saturated heterocycles. The van der Waals surface area contributed by atoms with Crippen LogP contribution in [-0.2, 0) is 4.84 Å². The first-order valence-corrected chi connectivity index (χ1v) is 10.3. The molecule has 3 rings (SSSR count). The summed E-state index contributed by atoms with van der Waals surface area (Å²) in [6.45, 7) is 0.683. The van der Waals surface area contributed by atoms with Crippen LogP contribution in [0.4, 0.5) is 25.8 Å². The fraction of sp³-hybridized carbons (Fsp3) is 0.429. The van der Waals surface area contributed by atoms with Crippen molar-refractivity contribution < 1.29 is 13.6 Å². The summed E-state index contributed by atoms with van der Waals surface area (Å²) >= 11 is 1.64. The highest BCUT2D eigenvalue weighted by Crippen LogP contribution is 2.37. The van der Waals surface area contributed by atoms with Crippen molar-refractivity contribution in [2.24, 2.45) is 5.92 Å². The van der Waals surface area contributed by atoms with Crippen LogP contribution in [0.15, 0.2) is 53.4 Å². The molecule has 0 radical (unpaired) electrons. The average molecular weight is 408 g/mol. The Hall–Kier alpha value is -1.99. The van der Waals surface area contributed by atoms with Crippen molar-refractivity contribution in [3.8, 4) is 0 Å². The van der Waals surface area contributed by atoms with Gasteiger partial charge >= 0.3 is 0 Å². The summed E-state index contributed by atoms with van der Waals surface area (Å²) in [6, 6.07) is 16.2. The minimum atomic E-state index is -2.48. The average Bonchev–Trinajstić information content (AvgIpc) is 2.69. The molecule has 1 fully saturated rings. The number of hydrogen-bond acceptors (Lipinski definition) is 5. The van der Waals surface area contributed by atoms with Gasteiger partial charge in [-0.05, 0) is 61.0 Å². The maximum atomic E-state index is 13.3. The highest BCUT2D eigenvalue weighted by atomic mass is 32.2. The van der Waals surface area contributed by atoms with E-state index in [0.717, 1.165) is 22.0 Å². The number of rotatable bonds is 8. The van der Waals surface area contributed by atoms with Crippen molar-refractivity contribution in [3.05, 3.63) is 48.5 Å². The van der Waals surface area contributed by atoms with Gasteiger partial charge in [0.15, 0.2) is 0 Å². The van der Waals surface area contributed by atoms with Crippen molar-refractivity contribution in [2.75, 3.05) is 35.8 Å². The van der Waals surface area contributed by atoms with E-state index in [9.17, 15) is 8.78 Å². The van der Waals surface area contributed by atoms with Crippen molar-refractivity contribution in [2.45, 2.75) is 36.5 Å². The van der Waals surface area contributed by atoms with Gasteiger partial charge in [0.05, 0.1) is 18.5 Å². The standard InChI is InChI=1S/C21H27F2N3OS/c1-26(28-18-6-4-3-5-7-18)17-8-9-19(20(14-17)25-27-2)24-15-16-10-12-21(22,23)13-11-16/h3-9,14,16,24-25H,10-13,15H2,1-2H3. The molecule has 7 heteroatoms. The zero-order valence-corrected chi connectivity index (χ0v) is 17.1. The molecular weight excluding hydrogens is 380 g/mol. The van der Waals surface area contributed by atoms with Crippen LogP contribution in [0, 0.1) is 5.92 Å². The fourth-order valence-corrected chi connectivity index (χ4v) is 4.14. The maximum Gasteiger partial charge on any atom is 0.248 e. The van der Waals surface area contributed by atoms with Gasteiger partial charge in [0.1, 0.15) is 0 Å². The Morgan fingerprint density at radius 1 is 1.11 bits per heavy atom. The molecule has 0 spiro atoms. The third-order valence-corrected chi connectivity index (χ3v) is 5.95. The van der Waals surface area contributed by atoms with Gasteiger partial charge in [-0.3, -0.25) is 10.3 Å². The first-order chi connectivity index (χ1) is 13.5. The topological polar surface area (TPSA) is 36.5 Å². The molecule has 0 amide bonds. The predicted molar refractivity (Wildman–Crippen MR) is 113 cm³/mol. The summed E-state index contributed by atoms with van der Waals surface area (Å²) in [5, 5.41) is 3.40. The second-order valence-corrected chi connectivity index (χ2v) is 8.32. The van der Waals surface area contributed by atoms with E-state index in [4.69, 9.17) is 4.84 Å². The molecule has 2 aromatic rings. The maximum absolute atomic E-state index is 13.3. The van der Waals surface area contributed by atoms with E-state index in [1.807, 2.05) is 43.4 Å². The fourth-order valence-electron chi connectivity index (χ4n) is 3.33. The number of hydrogen-bond donors (Lipinski definition) is 2. The second kappa shape index (κ2) is 9.47. The molecule has 1 saturated carbocycles. The van der Waals surface area contributed by atoms with E-state index >= 15 is 0 Å². The molecule has 1 aliphatic carbocycles. The summed E-state index contributed by atoms with van der Waals surface area (Å²) in [4.78, 5) is 6.28. The van der Waals surface area contributed by atoms with Gasteiger partial charge in [-0.1, -0.05) is 18.2 Å². The van der Waals surface area contributed by atoms with Gasteiger partial charge in [-0.25, -0.2) is 8.78 Å². The van der Waals surface area contributed by atoms with Gasteiger partial charge in [-0.2, -0.15) is 0 Å². The summed E-state index contributed by atoms with van der Waals surface area (Å²) in [6.07, 6.45) is 1.09. The third-order valence-electron chi connectivity index (χ3n) is 4.98. The van der Waals surface area contributed by atoms with E-state index in [2.05, 4.69) is 27.2 Å². The lowest BCUT2D eigenvalue weighted by Gasteiger charge is -2.29. The normalized spacial score (nSPS) is 16.6. The smallest absolute Gasteiger partial charge is 0.248 e. The lowest BCUT2D eigenvalue weighted by molar-refractivity contribution is -0.0443. The molecule has 2 N–H and O–H groups in total. The minimum absolute atomic E-state index is 0.0109. The summed E-state index contributed by atoms with van der Waals surface area (Å²) < 4.78 is 28.7. The molecule has 4 nitrogen and oxygen atoms in total. The molecule has 0 unspecified atom stereocenters. The molecule has 0 atom stereocenters. The van der Waals surface area contributed by atoms with Crippen LogP contribution in [0.1, 0.15) is 25.7 Å². The Morgan fingerprint density at radius 2 is 1.82 bits per heavy atom. The lowest BCUT2D eigenvalue weighted by Crippen LogP contribution is -2.28. The molecule has 0 aromatic heterocycles. The number of halogens is 2. The highest BCUT2D eigenvalue weighted by Gasteiger charge is 2.34. The second-order valence-electron chi connectivity index (χ2n) is 7.12. The largest absolute Gasteiger partial charge is 0.383 e. The molecule has 1 aliphatic rings. The summed E-state index contributed by atoms with van der Waals surface area (Å²) in [7, 11) is 3.58. The van der Waals surface area contributed by atoms with Gasteiger partial charge < -0.3 is 9.62 Å². The van der Waals surface area contributed by atoms with E-state index in [-0.39, 0.29) is 18.8 Å². The molecular formula is C21H27F2N3OS. The van der Waals surface area contributed by atoms with Crippen LogP contribution in [-0.4, -0.2) is 26.6 Å². The number of anilines is 3. The van der Waals surface area contributed by atoms with E-state index in [1.165, 1.54) is 0 Å². The zero-order valence-electron chi connectivity index (χ0n) is 16.3. The van der Waals surface area contributed by atoms with Crippen molar-refractivity contribution in [1.82, 2.24) is 0 Å². The molecule has 28 heavy (non-hydrogen) atoms. The molecule has 152 valence electrons. The first-order valence-electron chi connectivity index (χ1n) is 9.48. The number of alkyl halides is 2. The number of benzene rings is 2. The van der Waals surface area contributed by atoms with Gasteiger partial charge in [0.25, 0.3) is 0 Å². The lowest BCUT2D eigenvalue weighted by atomic mass is 9.87. The summed E-state index contributed by atoms with van der Waals surface area (Å²) in [5.74, 6) is -2.21. The Labute approximate surface area is 169 Å². The van der Waals surface area contributed by atoms with Crippen LogP contribution >= 0.6 is 11.9 Å². The quantitative estimate of drug-likeness (QED) is 0.412. The number of nitrogens with zero attached hydrogens (tertiary/aromatic N) is 1. The Kier molecular flexibility index (Phi) is 7.02. The van der Waals surface area contributed by atoms with Crippen molar-refractivity contribution >= 4 is 29.0 Å². The molecule has 0 bridgehead atoms. The zero-order chi connectivity index (χ0) is 20.0. The Bertz CT molecular complexity index is 751. The minimum Gasteiger partial charge on any atom is -0.383 e. The van der Waals surface area contributed by atoms with Gasteiger partial charge in [-0.15, -0.1) is 0 Å². The number of nitrogens with one attached hydrogen (secondary N) is 2. The first kappa shape index (κ1) is 20.7. The Morgan fingerprint density at radius 3 is 2.50 bits per heavy atom. The molecule has 2 aromatic carbocycles. The van der Waals surface area contributed by atoms with E-state index in [1.54, 1.807) is 19.1 Å². The summed E-state index contributed by atoms with van der Waals surface area (Å²) in [5.41, 5.74) is 5.67. The van der Waals surface area contributed by atoms with Crippen molar-refractivity contribution in [1.29, 1.82) is 0 Å². The SMILES string of the molecule is CONc1cc(N(C)Sc2ccccc2)ccc1NCC1CCC(F)(F)CC1. The van der Waals surface area contributed by atoms with E-state index in [0.29, 0.717) is 19.4 Å². The molecule has 0 heterocycles. The van der Waals surface area contributed by atoms with Gasteiger partial charge in [0, 0.05) is 37.0 Å². The van der Waals surface area contributed by atoms with Crippen LogP contribution in [0.3, 0.4) is 0 Å².